The van der Waals surface area contributed by atoms with E-state index in [0.29, 0.717) is 6.42 Å². The van der Waals surface area contributed by atoms with Crippen LogP contribution in [0.3, 0.4) is 0 Å². The highest BCUT2D eigenvalue weighted by atomic mass is 16.4. The van der Waals surface area contributed by atoms with E-state index < -0.39 is 11.4 Å². The zero-order chi connectivity index (χ0) is 14.2. The van der Waals surface area contributed by atoms with Gasteiger partial charge in [0.05, 0.1) is 0 Å². The second kappa shape index (κ2) is 4.78. The molecule has 0 radical (unpaired) electrons. The molecular weight excluding hydrogens is 248 g/mol. The first-order valence-electron chi connectivity index (χ1n) is 7.14. The molecule has 102 valence electrons. The van der Waals surface area contributed by atoms with Crippen molar-refractivity contribution >= 4 is 5.97 Å². The van der Waals surface area contributed by atoms with Gasteiger partial charge in [0.2, 0.25) is 0 Å². The molecule has 0 amide bonds. The highest BCUT2D eigenvalue weighted by Gasteiger charge is 2.48. The number of hydrogen-bond donors (Lipinski definition) is 1. The fraction of sp³-hybridized carbons (Fsp3) is 0.278. The second-order valence-electron chi connectivity index (χ2n) is 5.41. The van der Waals surface area contributed by atoms with Gasteiger partial charge in [-0.2, -0.15) is 0 Å². The molecule has 1 aliphatic carbocycles. The van der Waals surface area contributed by atoms with Crippen LogP contribution in [-0.2, 0) is 10.2 Å². The Balaban J connectivity index is 2.30. The quantitative estimate of drug-likeness (QED) is 0.899. The van der Waals surface area contributed by atoms with Crippen molar-refractivity contribution in [2.45, 2.75) is 31.6 Å². The van der Waals surface area contributed by atoms with Crippen molar-refractivity contribution in [3.63, 3.8) is 0 Å². The Kier molecular flexibility index (Phi) is 3.09. The van der Waals surface area contributed by atoms with Crippen LogP contribution in [0.5, 0.6) is 0 Å². The molecule has 0 spiro atoms. The van der Waals surface area contributed by atoms with Crippen molar-refractivity contribution in [1.29, 1.82) is 0 Å². The van der Waals surface area contributed by atoms with Gasteiger partial charge < -0.3 is 5.11 Å². The Morgan fingerprint density at radius 1 is 1.00 bits per heavy atom. The molecule has 0 atom stereocenters. The van der Waals surface area contributed by atoms with Crippen LogP contribution < -0.4 is 0 Å². The molecule has 2 heteroatoms. The van der Waals surface area contributed by atoms with Gasteiger partial charge >= 0.3 is 5.97 Å². The fourth-order valence-electron chi connectivity index (χ4n) is 3.37. The SMILES string of the molecule is CCCCC1(C(=O)O)c2ccccc2-c2ccccc21. The molecule has 0 bridgehead atoms. The van der Waals surface area contributed by atoms with Crippen LogP contribution in [-0.4, -0.2) is 11.1 Å². The van der Waals surface area contributed by atoms with Gasteiger partial charge in [-0.3, -0.25) is 4.79 Å². The summed E-state index contributed by atoms with van der Waals surface area (Å²) in [4.78, 5) is 12.2. The lowest BCUT2D eigenvalue weighted by atomic mass is 9.74. The van der Waals surface area contributed by atoms with Crippen molar-refractivity contribution < 1.29 is 9.90 Å². The monoisotopic (exact) mass is 266 g/mol. The molecule has 0 heterocycles. The van der Waals surface area contributed by atoms with E-state index in [4.69, 9.17) is 0 Å². The molecule has 3 rings (SSSR count). The van der Waals surface area contributed by atoms with Gasteiger partial charge in [-0.25, -0.2) is 0 Å². The van der Waals surface area contributed by atoms with Gasteiger partial charge in [0, 0.05) is 0 Å². The van der Waals surface area contributed by atoms with Gasteiger partial charge in [0.1, 0.15) is 5.41 Å². The van der Waals surface area contributed by atoms with Crippen LogP contribution >= 0.6 is 0 Å². The predicted octanol–water partition coefficient (Wildman–Crippen LogP) is 4.23. The van der Waals surface area contributed by atoms with Gasteiger partial charge in [-0.15, -0.1) is 0 Å². The predicted molar refractivity (Wildman–Crippen MR) is 79.8 cm³/mol. The number of carbonyl (C=O) groups is 1. The summed E-state index contributed by atoms with van der Waals surface area (Å²) in [6, 6.07) is 15.8. The van der Waals surface area contributed by atoms with Crippen molar-refractivity contribution in [3.8, 4) is 11.1 Å². The van der Waals surface area contributed by atoms with Crippen LogP contribution in [0.1, 0.15) is 37.3 Å². The van der Waals surface area contributed by atoms with E-state index in [9.17, 15) is 9.90 Å². The molecule has 0 saturated heterocycles. The number of benzene rings is 2. The Morgan fingerprint density at radius 2 is 1.50 bits per heavy atom. The van der Waals surface area contributed by atoms with E-state index in [1.54, 1.807) is 0 Å². The Bertz CT molecular complexity index is 612. The highest BCUT2D eigenvalue weighted by molar-refractivity contribution is 5.97. The maximum atomic E-state index is 12.2. The van der Waals surface area contributed by atoms with E-state index in [-0.39, 0.29) is 0 Å². The normalized spacial score (nSPS) is 14.7. The van der Waals surface area contributed by atoms with Crippen LogP contribution in [0.4, 0.5) is 0 Å². The van der Waals surface area contributed by atoms with E-state index in [1.807, 2.05) is 48.5 Å². The zero-order valence-electron chi connectivity index (χ0n) is 11.6. The minimum atomic E-state index is -0.872. The molecule has 2 nitrogen and oxygen atoms in total. The number of carboxylic acids is 1. The number of carboxylic acid groups (broad SMARTS) is 1. The van der Waals surface area contributed by atoms with E-state index in [2.05, 4.69) is 6.92 Å². The van der Waals surface area contributed by atoms with Crippen molar-refractivity contribution in [3.05, 3.63) is 59.7 Å². The maximum absolute atomic E-state index is 12.2. The van der Waals surface area contributed by atoms with Gasteiger partial charge in [-0.1, -0.05) is 68.3 Å². The van der Waals surface area contributed by atoms with E-state index >= 15 is 0 Å². The molecule has 2 aromatic rings. The maximum Gasteiger partial charge on any atom is 0.318 e. The number of rotatable bonds is 4. The van der Waals surface area contributed by atoms with Gasteiger partial charge in [0.25, 0.3) is 0 Å². The number of aliphatic carboxylic acids is 1. The summed E-state index contributed by atoms with van der Waals surface area (Å²) in [5.74, 6) is -0.733. The number of fused-ring (bicyclic) bond motifs is 3. The van der Waals surface area contributed by atoms with Crippen molar-refractivity contribution in [2.75, 3.05) is 0 Å². The molecule has 1 N–H and O–H groups in total. The Hall–Kier alpha value is -2.09. The first-order valence-corrected chi connectivity index (χ1v) is 7.14. The molecule has 0 aliphatic heterocycles. The van der Waals surface area contributed by atoms with Crippen LogP contribution in [0.25, 0.3) is 11.1 Å². The Labute approximate surface area is 119 Å². The molecule has 0 fully saturated rings. The summed E-state index contributed by atoms with van der Waals surface area (Å²) in [5, 5.41) is 9.98. The topological polar surface area (TPSA) is 37.3 Å². The molecule has 2 aromatic carbocycles. The largest absolute Gasteiger partial charge is 0.480 e. The lowest BCUT2D eigenvalue weighted by Crippen LogP contribution is -2.35. The summed E-state index contributed by atoms with van der Waals surface area (Å²) < 4.78 is 0. The lowest BCUT2D eigenvalue weighted by Gasteiger charge is -2.27. The van der Waals surface area contributed by atoms with E-state index in [0.717, 1.165) is 35.1 Å². The minimum absolute atomic E-state index is 0.660. The fourth-order valence-corrected chi connectivity index (χ4v) is 3.37. The van der Waals surface area contributed by atoms with Gasteiger partial charge in [0.15, 0.2) is 0 Å². The molecule has 0 aromatic heterocycles. The Morgan fingerprint density at radius 3 is 1.95 bits per heavy atom. The first kappa shape index (κ1) is 12.9. The average Bonchev–Trinajstić information content (AvgIpc) is 2.77. The summed E-state index contributed by atoms with van der Waals surface area (Å²) in [6.07, 6.45) is 2.57. The smallest absolute Gasteiger partial charge is 0.318 e. The van der Waals surface area contributed by atoms with E-state index in [1.165, 1.54) is 0 Å². The molecular formula is C18H18O2. The first-order chi connectivity index (χ1) is 9.71. The van der Waals surface area contributed by atoms with Crippen LogP contribution in [0.2, 0.25) is 0 Å². The summed E-state index contributed by atoms with van der Waals surface area (Å²) in [7, 11) is 0. The third-order valence-corrected chi connectivity index (χ3v) is 4.33. The average molecular weight is 266 g/mol. The summed E-state index contributed by atoms with van der Waals surface area (Å²) >= 11 is 0. The summed E-state index contributed by atoms with van der Waals surface area (Å²) in [5.41, 5.74) is 3.16. The second-order valence-corrected chi connectivity index (χ2v) is 5.41. The lowest BCUT2D eigenvalue weighted by molar-refractivity contribution is -0.142. The minimum Gasteiger partial charge on any atom is -0.480 e. The third kappa shape index (κ3) is 1.61. The van der Waals surface area contributed by atoms with Crippen LogP contribution in [0, 0.1) is 0 Å². The van der Waals surface area contributed by atoms with Gasteiger partial charge in [-0.05, 0) is 28.7 Å². The number of hydrogen-bond acceptors (Lipinski definition) is 1. The standard InChI is InChI=1S/C18H18O2/c1-2-3-12-18(17(19)20)15-10-6-4-8-13(15)14-9-5-7-11-16(14)18/h4-11H,2-3,12H2,1H3,(H,19,20). The highest BCUT2D eigenvalue weighted by Crippen LogP contribution is 2.51. The molecule has 0 unspecified atom stereocenters. The van der Waals surface area contributed by atoms with Crippen LogP contribution in [0.15, 0.2) is 48.5 Å². The summed E-state index contributed by atoms with van der Waals surface area (Å²) in [6.45, 7) is 2.10. The molecule has 1 aliphatic rings. The van der Waals surface area contributed by atoms with Crippen molar-refractivity contribution in [1.82, 2.24) is 0 Å². The third-order valence-electron chi connectivity index (χ3n) is 4.33. The zero-order valence-corrected chi connectivity index (χ0v) is 11.6. The molecule has 0 saturated carbocycles. The molecule has 20 heavy (non-hydrogen) atoms. The number of unbranched alkanes of at least 4 members (excludes halogenated alkanes) is 1. The van der Waals surface area contributed by atoms with Crippen molar-refractivity contribution in [2.24, 2.45) is 0 Å².